The molecule has 0 radical (unpaired) electrons. The van der Waals surface area contributed by atoms with Gasteiger partial charge < -0.3 is 4.57 Å². The van der Waals surface area contributed by atoms with Gasteiger partial charge in [0.25, 0.3) is 0 Å². The standard InChI is InChI=1S/C13H16BrFN4/c1-9-16-17-13(19(9)3)8-18(2)7-10-11(14)5-4-6-12(10)15/h4-6H,7-8H2,1-3H3. The molecule has 0 atom stereocenters. The lowest BCUT2D eigenvalue weighted by molar-refractivity contribution is 0.301. The minimum absolute atomic E-state index is 0.199. The van der Waals surface area contributed by atoms with Crippen LogP contribution in [0.1, 0.15) is 17.2 Å². The molecule has 4 nitrogen and oxygen atoms in total. The van der Waals surface area contributed by atoms with E-state index in [1.54, 1.807) is 6.07 Å². The van der Waals surface area contributed by atoms with Gasteiger partial charge in [0.2, 0.25) is 0 Å². The highest BCUT2D eigenvalue weighted by molar-refractivity contribution is 9.10. The molecule has 0 saturated heterocycles. The number of benzene rings is 1. The Morgan fingerprint density at radius 1 is 1.32 bits per heavy atom. The van der Waals surface area contributed by atoms with Crippen LogP contribution in [0.3, 0.4) is 0 Å². The third kappa shape index (κ3) is 3.19. The Labute approximate surface area is 120 Å². The number of rotatable bonds is 4. The molecule has 0 spiro atoms. The fraction of sp³-hybridized carbons (Fsp3) is 0.385. The molecule has 2 aromatic rings. The van der Waals surface area contributed by atoms with Crippen LogP contribution in [0, 0.1) is 12.7 Å². The van der Waals surface area contributed by atoms with Gasteiger partial charge >= 0.3 is 0 Å². The maximum absolute atomic E-state index is 13.7. The van der Waals surface area contributed by atoms with Crippen LogP contribution in [-0.2, 0) is 20.1 Å². The molecular weight excluding hydrogens is 311 g/mol. The smallest absolute Gasteiger partial charge is 0.146 e. The summed E-state index contributed by atoms with van der Waals surface area (Å²) in [5.41, 5.74) is 0.656. The van der Waals surface area contributed by atoms with Gasteiger partial charge in [-0.3, -0.25) is 4.90 Å². The van der Waals surface area contributed by atoms with E-state index in [1.807, 2.05) is 36.6 Å². The van der Waals surface area contributed by atoms with E-state index in [0.717, 1.165) is 16.1 Å². The van der Waals surface area contributed by atoms with E-state index in [2.05, 4.69) is 26.1 Å². The highest BCUT2D eigenvalue weighted by atomic mass is 79.9. The van der Waals surface area contributed by atoms with Crippen molar-refractivity contribution < 1.29 is 4.39 Å². The van der Waals surface area contributed by atoms with Crippen LogP contribution in [0.5, 0.6) is 0 Å². The molecule has 0 aliphatic heterocycles. The van der Waals surface area contributed by atoms with E-state index in [9.17, 15) is 4.39 Å². The summed E-state index contributed by atoms with van der Waals surface area (Å²) in [6, 6.07) is 5.01. The maximum Gasteiger partial charge on any atom is 0.146 e. The summed E-state index contributed by atoms with van der Waals surface area (Å²) in [6.45, 7) is 3.04. The van der Waals surface area contributed by atoms with E-state index < -0.39 is 0 Å². The first-order chi connectivity index (χ1) is 8.99. The molecule has 19 heavy (non-hydrogen) atoms. The van der Waals surface area contributed by atoms with Crippen molar-refractivity contribution in [2.45, 2.75) is 20.0 Å². The van der Waals surface area contributed by atoms with Crippen molar-refractivity contribution in [2.75, 3.05) is 7.05 Å². The fourth-order valence-corrected chi connectivity index (χ4v) is 2.31. The van der Waals surface area contributed by atoms with Crippen LogP contribution in [0.2, 0.25) is 0 Å². The summed E-state index contributed by atoms with van der Waals surface area (Å²) in [6.07, 6.45) is 0. The number of hydrogen-bond acceptors (Lipinski definition) is 3. The van der Waals surface area contributed by atoms with E-state index in [1.165, 1.54) is 6.07 Å². The van der Waals surface area contributed by atoms with Gasteiger partial charge in [0.1, 0.15) is 17.5 Å². The molecule has 0 saturated carbocycles. The molecule has 1 aromatic heterocycles. The van der Waals surface area contributed by atoms with Crippen molar-refractivity contribution in [3.8, 4) is 0 Å². The summed E-state index contributed by atoms with van der Waals surface area (Å²) in [4.78, 5) is 2.01. The second kappa shape index (κ2) is 5.79. The van der Waals surface area contributed by atoms with Crippen LogP contribution < -0.4 is 0 Å². The largest absolute Gasteiger partial charge is 0.317 e. The molecule has 102 valence electrons. The van der Waals surface area contributed by atoms with Gasteiger partial charge in [0, 0.05) is 23.6 Å². The van der Waals surface area contributed by atoms with Crippen LogP contribution in [-0.4, -0.2) is 26.7 Å². The summed E-state index contributed by atoms with van der Waals surface area (Å²) in [5, 5.41) is 8.12. The zero-order chi connectivity index (χ0) is 14.0. The van der Waals surface area contributed by atoms with E-state index >= 15 is 0 Å². The summed E-state index contributed by atoms with van der Waals surface area (Å²) >= 11 is 3.38. The number of nitrogens with zero attached hydrogens (tertiary/aromatic N) is 4. The maximum atomic E-state index is 13.7. The lowest BCUT2D eigenvalue weighted by Crippen LogP contribution is -2.20. The first-order valence-electron chi connectivity index (χ1n) is 5.95. The minimum Gasteiger partial charge on any atom is -0.317 e. The van der Waals surface area contributed by atoms with Gasteiger partial charge in [-0.05, 0) is 26.1 Å². The summed E-state index contributed by atoms with van der Waals surface area (Å²) in [7, 11) is 3.86. The third-order valence-corrected chi connectivity index (χ3v) is 3.83. The molecule has 0 N–H and O–H groups in total. The van der Waals surface area contributed by atoms with Crippen LogP contribution in [0.4, 0.5) is 4.39 Å². The van der Waals surface area contributed by atoms with Crippen molar-refractivity contribution in [1.82, 2.24) is 19.7 Å². The quantitative estimate of drug-likeness (QED) is 0.866. The molecular formula is C13H16BrFN4. The van der Waals surface area contributed by atoms with Gasteiger partial charge in [0.15, 0.2) is 0 Å². The second-order valence-corrected chi connectivity index (χ2v) is 5.45. The number of aromatic nitrogens is 3. The predicted molar refractivity (Wildman–Crippen MR) is 75.0 cm³/mol. The second-order valence-electron chi connectivity index (χ2n) is 4.59. The van der Waals surface area contributed by atoms with Gasteiger partial charge in [-0.15, -0.1) is 10.2 Å². The number of halogens is 2. The van der Waals surface area contributed by atoms with Crippen molar-refractivity contribution in [1.29, 1.82) is 0 Å². The van der Waals surface area contributed by atoms with Gasteiger partial charge in [-0.1, -0.05) is 22.0 Å². The van der Waals surface area contributed by atoms with Gasteiger partial charge in [0.05, 0.1) is 6.54 Å². The molecule has 0 unspecified atom stereocenters. The highest BCUT2D eigenvalue weighted by Gasteiger charge is 2.12. The Bertz CT molecular complexity index is 562. The molecule has 6 heteroatoms. The fourth-order valence-electron chi connectivity index (χ4n) is 1.84. The van der Waals surface area contributed by atoms with E-state index in [-0.39, 0.29) is 5.82 Å². The molecule has 0 amide bonds. The lowest BCUT2D eigenvalue weighted by atomic mass is 10.2. The average Bonchev–Trinajstić information content (AvgIpc) is 2.66. The van der Waals surface area contributed by atoms with Crippen molar-refractivity contribution in [3.63, 3.8) is 0 Å². The van der Waals surface area contributed by atoms with Crippen LogP contribution in [0.25, 0.3) is 0 Å². The lowest BCUT2D eigenvalue weighted by Gasteiger charge is -2.17. The Morgan fingerprint density at radius 3 is 2.63 bits per heavy atom. The zero-order valence-corrected chi connectivity index (χ0v) is 12.8. The Hall–Kier alpha value is -1.27. The van der Waals surface area contributed by atoms with Gasteiger partial charge in [-0.25, -0.2) is 4.39 Å². The van der Waals surface area contributed by atoms with Crippen molar-refractivity contribution in [3.05, 3.63) is 45.7 Å². The van der Waals surface area contributed by atoms with E-state index in [4.69, 9.17) is 0 Å². The number of aryl methyl sites for hydroxylation is 1. The van der Waals surface area contributed by atoms with Crippen LogP contribution in [0.15, 0.2) is 22.7 Å². The monoisotopic (exact) mass is 326 g/mol. The highest BCUT2D eigenvalue weighted by Crippen LogP contribution is 2.21. The minimum atomic E-state index is -0.199. The number of hydrogen-bond donors (Lipinski definition) is 0. The summed E-state index contributed by atoms with van der Waals surface area (Å²) < 4.78 is 16.5. The Kier molecular flexibility index (Phi) is 4.31. The zero-order valence-electron chi connectivity index (χ0n) is 11.2. The third-order valence-electron chi connectivity index (χ3n) is 3.08. The Balaban J connectivity index is 2.09. The molecule has 1 aromatic carbocycles. The van der Waals surface area contributed by atoms with Crippen LogP contribution >= 0.6 is 15.9 Å². The molecule has 0 aliphatic rings. The van der Waals surface area contributed by atoms with Gasteiger partial charge in [-0.2, -0.15) is 0 Å². The normalized spacial score (nSPS) is 11.3. The molecule has 2 rings (SSSR count). The first-order valence-corrected chi connectivity index (χ1v) is 6.74. The SMILES string of the molecule is Cc1nnc(CN(C)Cc2c(F)cccc2Br)n1C. The molecule has 0 fully saturated rings. The molecule has 1 heterocycles. The molecule has 0 bridgehead atoms. The average molecular weight is 327 g/mol. The van der Waals surface area contributed by atoms with Crippen molar-refractivity contribution in [2.24, 2.45) is 7.05 Å². The molecule has 0 aliphatic carbocycles. The Morgan fingerprint density at radius 2 is 2.05 bits per heavy atom. The van der Waals surface area contributed by atoms with E-state index in [0.29, 0.717) is 18.7 Å². The summed E-state index contributed by atoms with van der Waals surface area (Å²) in [5.74, 6) is 1.54. The first kappa shape index (κ1) is 14.1. The topological polar surface area (TPSA) is 34.0 Å². The van der Waals surface area contributed by atoms with Crippen molar-refractivity contribution >= 4 is 15.9 Å². The predicted octanol–water partition coefficient (Wildman–Crippen LogP) is 2.66.